The second kappa shape index (κ2) is 6.27. The normalized spacial score (nSPS) is 13.2. The molecule has 1 unspecified atom stereocenters. The van der Waals surface area contributed by atoms with Gasteiger partial charge in [-0.1, -0.05) is 6.07 Å². The predicted molar refractivity (Wildman–Crippen MR) is 73.1 cm³/mol. The van der Waals surface area contributed by atoms with Crippen LogP contribution in [0.4, 0.5) is 0 Å². The molecule has 1 amide bonds. The Morgan fingerprint density at radius 2 is 1.95 bits per heavy atom. The Morgan fingerprint density at radius 1 is 1.35 bits per heavy atom. The third kappa shape index (κ3) is 3.01. The van der Waals surface area contributed by atoms with Crippen molar-refractivity contribution in [3.05, 3.63) is 23.8 Å². The molecule has 0 spiro atoms. The van der Waals surface area contributed by atoms with Gasteiger partial charge in [0.1, 0.15) is 5.54 Å². The fourth-order valence-electron chi connectivity index (χ4n) is 1.86. The first-order valence-corrected chi connectivity index (χ1v) is 6.01. The van der Waals surface area contributed by atoms with E-state index in [4.69, 9.17) is 9.47 Å². The first-order chi connectivity index (χ1) is 9.38. The van der Waals surface area contributed by atoms with Crippen LogP contribution in [-0.2, 0) is 16.0 Å². The van der Waals surface area contributed by atoms with Gasteiger partial charge in [-0.25, -0.2) is 4.79 Å². The van der Waals surface area contributed by atoms with Crippen molar-refractivity contribution < 1.29 is 24.2 Å². The molecular weight excluding hydrogens is 262 g/mol. The van der Waals surface area contributed by atoms with E-state index in [-0.39, 0.29) is 6.42 Å². The summed E-state index contributed by atoms with van der Waals surface area (Å²) < 4.78 is 10.3. The van der Waals surface area contributed by atoms with Crippen molar-refractivity contribution in [2.75, 3.05) is 21.3 Å². The summed E-state index contributed by atoms with van der Waals surface area (Å²) in [6.45, 7) is 1.50. The third-order valence-corrected chi connectivity index (χ3v) is 3.39. The molecule has 1 aromatic rings. The molecule has 0 aromatic heterocycles. The zero-order valence-corrected chi connectivity index (χ0v) is 12.0. The highest BCUT2D eigenvalue weighted by molar-refractivity contribution is 5.81. The molecule has 0 bridgehead atoms. The number of carboxylic acid groups (broad SMARTS) is 1. The highest BCUT2D eigenvalue weighted by Gasteiger charge is 2.37. The number of benzene rings is 1. The zero-order chi connectivity index (χ0) is 15.3. The van der Waals surface area contributed by atoms with Crippen LogP contribution in [0, 0.1) is 0 Å². The molecule has 0 aliphatic carbocycles. The predicted octanol–water partition coefficient (Wildman–Crippen LogP) is 1.18. The maximum absolute atomic E-state index is 11.4. The lowest BCUT2D eigenvalue weighted by atomic mass is 9.91. The number of carbonyl (C=O) groups is 2. The summed E-state index contributed by atoms with van der Waals surface area (Å²) in [5, 5.41) is 9.37. The number of carboxylic acids is 1. The van der Waals surface area contributed by atoms with E-state index in [1.807, 2.05) is 0 Å². The molecule has 0 aliphatic rings. The minimum Gasteiger partial charge on any atom is -0.493 e. The largest absolute Gasteiger partial charge is 0.493 e. The summed E-state index contributed by atoms with van der Waals surface area (Å²) in [5.74, 6) is 0.0189. The molecule has 1 aromatic carbocycles. The third-order valence-electron chi connectivity index (χ3n) is 3.39. The average Bonchev–Trinajstić information content (AvgIpc) is 2.45. The van der Waals surface area contributed by atoms with Crippen LogP contribution < -0.4 is 9.47 Å². The summed E-state index contributed by atoms with van der Waals surface area (Å²) in [7, 11) is 4.48. The van der Waals surface area contributed by atoms with Gasteiger partial charge in [0.15, 0.2) is 11.5 Å². The smallest absolute Gasteiger partial charge is 0.329 e. The topological polar surface area (TPSA) is 76.1 Å². The number of hydrogen-bond acceptors (Lipinski definition) is 4. The van der Waals surface area contributed by atoms with Gasteiger partial charge in [-0.05, 0) is 24.6 Å². The van der Waals surface area contributed by atoms with E-state index in [1.165, 1.54) is 28.2 Å². The Balaban J connectivity index is 3.12. The minimum absolute atomic E-state index is 0.165. The number of likely N-dealkylation sites (N-methyl/N-ethyl adjacent to an activating group) is 1. The van der Waals surface area contributed by atoms with Crippen LogP contribution in [-0.4, -0.2) is 49.2 Å². The number of nitrogens with zero attached hydrogens (tertiary/aromatic N) is 1. The first kappa shape index (κ1) is 15.8. The van der Waals surface area contributed by atoms with E-state index in [1.54, 1.807) is 18.2 Å². The summed E-state index contributed by atoms with van der Waals surface area (Å²) in [6, 6.07) is 5.16. The number of carbonyl (C=O) groups excluding carboxylic acids is 1. The molecule has 20 heavy (non-hydrogen) atoms. The zero-order valence-electron chi connectivity index (χ0n) is 12.0. The van der Waals surface area contributed by atoms with Crippen LogP contribution >= 0.6 is 0 Å². The van der Waals surface area contributed by atoms with Gasteiger partial charge >= 0.3 is 5.97 Å². The number of amides is 1. The lowest BCUT2D eigenvalue weighted by molar-refractivity contribution is -0.152. The van der Waals surface area contributed by atoms with Gasteiger partial charge in [0, 0.05) is 13.5 Å². The maximum Gasteiger partial charge on any atom is 0.329 e. The van der Waals surface area contributed by atoms with Gasteiger partial charge in [-0.15, -0.1) is 0 Å². The van der Waals surface area contributed by atoms with Crippen LogP contribution in [0.2, 0.25) is 0 Å². The van der Waals surface area contributed by atoms with Crippen LogP contribution in [0.3, 0.4) is 0 Å². The van der Waals surface area contributed by atoms with Crippen LogP contribution in [0.25, 0.3) is 0 Å². The summed E-state index contributed by atoms with van der Waals surface area (Å²) in [6.07, 6.45) is 0.673. The molecule has 1 rings (SSSR count). The molecule has 0 radical (unpaired) electrons. The second-order valence-corrected chi connectivity index (χ2v) is 4.66. The molecule has 0 fully saturated rings. The number of ether oxygens (including phenoxy) is 2. The lowest BCUT2D eigenvalue weighted by Gasteiger charge is -2.32. The van der Waals surface area contributed by atoms with E-state index in [0.29, 0.717) is 17.9 Å². The fraction of sp³-hybridized carbons (Fsp3) is 0.429. The molecule has 0 aliphatic heterocycles. The lowest BCUT2D eigenvalue weighted by Crippen LogP contribution is -2.51. The quantitative estimate of drug-likeness (QED) is 0.759. The van der Waals surface area contributed by atoms with Crippen molar-refractivity contribution in [3.63, 3.8) is 0 Å². The Labute approximate surface area is 117 Å². The summed E-state index contributed by atoms with van der Waals surface area (Å²) >= 11 is 0. The number of rotatable bonds is 7. The minimum atomic E-state index is -1.32. The van der Waals surface area contributed by atoms with E-state index < -0.39 is 11.5 Å². The molecule has 6 heteroatoms. The Morgan fingerprint density at radius 3 is 2.40 bits per heavy atom. The van der Waals surface area contributed by atoms with E-state index >= 15 is 0 Å². The number of methoxy groups -OCH3 is 2. The van der Waals surface area contributed by atoms with Crippen molar-refractivity contribution in [2.45, 2.75) is 18.9 Å². The highest BCUT2D eigenvalue weighted by Crippen LogP contribution is 2.30. The summed E-state index contributed by atoms with van der Waals surface area (Å²) in [5.41, 5.74) is -0.581. The van der Waals surface area contributed by atoms with Crippen LogP contribution in [0.5, 0.6) is 11.5 Å². The van der Waals surface area contributed by atoms with Crippen LogP contribution in [0.1, 0.15) is 12.5 Å². The number of aliphatic carboxylic acids is 1. The molecule has 0 saturated carbocycles. The SMILES string of the molecule is COc1ccc(CC(C)(C(=O)O)N(C)C=O)cc1OC. The molecular formula is C14H19NO5. The molecule has 110 valence electrons. The highest BCUT2D eigenvalue weighted by atomic mass is 16.5. The molecule has 1 atom stereocenters. The van der Waals surface area contributed by atoms with Crippen molar-refractivity contribution in [2.24, 2.45) is 0 Å². The van der Waals surface area contributed by atoms with Gasteiger partial charge in [-0.3, -0.25) is 4.79 Å². The van der Waals surface area contributed by atoms with Crippen molar-refractivity contribution in [3.8, 4) is 11.5 Å². The van der Waals surface area contributed by atoms with Gasteiger partial charge in [-0.2, -0.15) is 0 Å². The standard InChI is InChI=1S/C14H19NO5/c1-14(13(17)18,15(2)9-16)8-10-5-6-11(19-3)12(7-10)20-4/h5-7,9H,8H2,1-4H3,(H,17,18). The van der Waals surface area contributed by atoms with Crippen molar-refractivity contribution in [1.82, 2.24) is 4.90 Å². The molecule has 0 saturated heterocycles. The monoisotopic (exact) mass is 281 g/mol. The Kier molecular flexibility index (Phi) is 4.96. The summed E-state index contributed by atoms with van der Waals surface area (Å²) in [4.78, 5) is 23.5. The van der Waals surface area contributed by atoms with E-state index in [2.05, 4.69) is 0 Å². The van der Waals surface area contributed by atoms with Gasteiger partial charge < -0.3 is 19.5 Å². The van der Waals surface area contributed by atoms with Crippen LogP contribution in [0.15, 0.2) is 18.2 Å². The van der Waals surface area contributed by atoms with Crippen molar-refractivity contribution in [1.29, 1.82) is 0 Å². The Hall–Kier alpha value is -2.24. The van der Waals surface area contributed by atoms with Gasteiger partial charge in [0.2, 0.25) is 6.41 Å². The average molecular weight is 281 g/mol. The maximum atomic E-state index is 11.4. The number of hydrogen-bond donors (Lipinski definition) is 1. The van der Waals surface area contributed by atoms with Crippen molar-refractivity contribution >= 4 is 12.4 Å². The molecule has 6 nitrogen and oxygen atoms in total. The van der Waals surface area contributed by atoms with E-state index in [9.17, 15) is 14.7 Å². The molecule has 0 heterocycles. The first-order valence-electron chi connectivity index (χ1n) is 6.01. The Bertz CT molecular complexity index is 502. The van der Waals surface area contributed by atoms with E-state index in [0.717, 1.165) is 10.5 Å². The van der Waals surface area contributed by atoms with Gasteiger partial charge in [0.25, 0.3) is 0 Å². The van der Waals surface area contributed by atoms with Gasteiger partial charge in [0.05, 0.1) is 14.2 Å². The second-order valence-electron chi connectivity index (χ2n) is 4.66. The molecule has 1 N–H and O–H groups in total. The fourth-order valence-corrected chi connectivity index (χ4v) is 1.86.